The van der Waals surface area contributed by atoms with E-state index in [-0.39, 0.29) is 0 Å². The van der Waals surface area contributed by atoms with E-state index in [4.69, 9.17) is 4.98 Å². The van der Waals surface area contributed by atoms with Crippen LogP contribution < -0.4 is 0 Å². The zero-order valence-electron chi connectivity index (χ0n) is 21.1. The number of hydrogen-bond acceptors (Lipinski definition) is 2. The van der Waals surface area contributed by atoms with Crippen LogP contribution >= 0.6 is 11.3 Å². The van der Waals surface area contributed by atoms with Crippen LogP contribution in [0.5, 0.6) is 0 Å². The third kappa shape index (κ3) is 3.57. The van der Waals surface area contributed by atoms with Crippen molar-refractivity contribution in [1.29, 1.82) is 0 Å². The maximum Gasteiger partial charge on any atom is 0.0708 e. The van der Waals surface area contributed by atoms with E-state index in [2.05, 4.69) is 123 Å². The number of rotatable bonds is 4. The molecule has 2 heteroatoms. The van der Waals surface area contributed by atoms with Gasteiger partial charge in [-0.05, 0) is 74.8 Å². The number of thiophene rings is 1. The summed E-state index contributed by atoms with van der Waals surface area (Å²) in [5.41, 5.74) is 5.74. The summed E-state index contributed by atoms with van der Waals surface area (Å²) in [5, 5.41) is 8.76. The Labute approximate surface area is 226 Å². The van der Waals surface area contributed by atoms with Crippen molar-refractivity contribution in [3.63, 3.8) is 0 Å². The van der Waals surface area contributed by atoms with Crippen LogP contribution in [0.1, 0.15) is 17.4 Å². The largest absolute Gasteiger partial charge is 0.256 e. The standard InChI is InChI=1S/C36H25NS/c1-3-10-30-32-20-24(17-18-36(32)38-35(30)4-2)23-11-9-12-25(19-23)34-21-31-28-15-7-5-13-26(28)27-14-6-8-16-29(27)33(31)22-37-34/h3-22H,2H2,1H3/b10-3-. The fourth-order valence-electron chi connectivity index (χ4n) is 5.62. The molecule has 0 aliphatic rings. The number of fused-ring (bicyclic) bond motifs is 7. The monoisotopic (exact) mass is 503 g/mol. The number of pyridine rings is 1. The summed E-state index contributed by atoms with van der Waals surface area (Å²) in [6, 6.07) is 35.1. The number of aromatic nitrogens is 1. The van der Waals surface area contributed by atoms with Crippen LogP contribution in [-0.4, -0.2) is 4.98 Å². The lowest BCUT2D eigenvalue weighted by Crippen LogP contribution is -1.88. The Kier molecular flexibility index (Phi) is 5.42. The van der Waals surface area contributed by atoms with Crippen LogP contribution in [0.4, 0.5) is 0 Å². The second-order valence-electron chi connectivity index (χ2n) is 9.58. The third-order valence-electron chi connectivity index (χ3n) is 7.39. The SMILES string of the molecule is C=Cc1sc2ccc(-c3cccc(-c4cc5c6ccccc6c6ccccc6c5cn4)c3)cc2c1/C=C\C. The second-order valence-corrected chi connectivity index (χ2v) is 10.7. The minimum absolute atomic E-state index is 0.986. The van der Waals surface area contributed by atoms with Gasteiger partial charge in [-0.1, -0.05) is 97.6 Å². The number of benzene rings is 5. The highest BCUT2D eigenvalue weighted by atomic mass is 32.1. The maximum atomic E-state index is 4.95. The van der Waals surface area contributed by atoms with Gasteiger partial charge in [0.25, 0.3) is 0 Å². The van der Waals surface area contributed by atoms with Gasteiger partial charge in [-0.3, -0.25) is 4.98 Å². The van der Waals surface area contributed by atoms with Gasteiger partial charge in [0.05, 0.1) is 5.69 Å². The first-order chi connectivity index (χ1) is 18.7. The average Bonchev–Trinajstić information content (AvgIpc) is 3.34. The summed E-state index contributed by atoms with van der Waals surface area (Å²) >= 11 is 1.79. The smallest absolute Gasteiger partial charge is 0.0708 e. The minimum Gasteiger partial charge on any atom is -0.256 e. The minimum atomic E-state index is 0.986. The average molecular weight is 504 g/mol. The molecule has 0 radical (unpaired) electrons. The van der Waals surface area contributed by atoms with E-state index in [9.17, 15) is 0 Å². The van der Waals surface area contributed by atoms with Gasteiger partial charge in [-0.25, -0.2) is 0 Å². The number of allylic oxidation sites excluding steroid dienone is 1. The van der Waals surface area contributed by atoms with Crippen LogP contribution in [0.2, 0.25) is 0 Å². The fraction of sp³-hybridized carbons (Fsp3) is 0.0278. The third-order valence-corrected chi connectivity index (χ3v) is 8.58. The van der Waals surface area contributed by atoms with Gasteiger partial charge in [0.1, 0.15) is 0 Å². The molecule has 0 atom stereocenters. The number of hydrogen-bond donors (Lipinski definition) is 0. The molecule has 0 aliphatic carbocycles. The van der Waals surface area contributed by atoms with Gasteiger partial charge in [0.15, 0.2) is 0 Å². The van der Waals surface area contributed by atoms with Crippen LogP contribution in [0.15, 0.2) is 116 Å². The Morgan fingerprint density at radius 2 is 1.29 bits per heavy atom. The normalized spacial score (nSPS) is 11.8. The lowest BCUT2D eigenvalue weighted by Gasteiger charge is -2.12. The van der Waals surface area contributed by atoms with E-state index in [0.29, 0.717) is 0 Å². The Morgan fingerprint density at radius 3 is 2.00 bits per heavy atom. The van der Waals surface area contributed by atoms with E-state index >= 15 is 0 Å². The van der Waals surface area contributed by atoms with E-state index in [1.807, 2.05) is 12.3 Å². The molecule has 0 saturated carbocycles. The molecule has 38 heavy (non-hydrogen) atoms. The van der Waals surface area contributed by atoms with Gasteiger partial charge in [-0.2, -0.15) is 0 Å². The molecule has 2 aromatic heterocycles. The first-order valence-corrected chi connectivity index (χ1v) is 13.7. The molecule has 0 aliphatic heterocycles. The van der Waals surface area contributed by atoms with Crippen LogP contribution in [0, 0.1) is 0 Å². The van der Waals surface area contributed by atoms with Crippen molar-refractivity contribution in [3.05, 3.63) is 126 Å². The lowest BCUT2D eigenvalue weighted by molar-refractivity contribution is 1.36. The van der Waals surface area contributed by atoms with Crippen molar-refractivity contribution in [1.82, 2.24) is 4.98 Å². The van der Waals surface area contributed by atoms with Gasteiger partial charge in [0.2, 0.25) is 0 Å². The Hall–Kier alpha value is -4.53. The predicted molar refractivity (Wildman–Crippen MR) is 168 cm³/mol. The van der Waals surface area contributed by atoms with E-state index in [1.54, 1.807) is 11.3 Å². The molecule has 7 rings (SSSR count). The molecule has 0 amide bonds. The molecule has 0 unspecified atom stereocenters. The Balaban J connectivity index is 1.39. The molecule has 2 heterocycles. The van der Waals surface area contributed by atoms with Crippen molar-refractivity contribution in [2.45, 2.75) is 6.92 Å². The van der Waals surface area contributed by atoms with E-state index in [1.165, 1.54) is 64.0 Å². The molecular formula is C36H25NS. The highest BCUT2D eigenvalue weighted by molar-refractivity contribution is 7.20. The van der Waals surface area contributed by atoms with Gasteiger partial charge in [-0.15, -0.1) is 11.3 Å². The number of nitrogens with zero attached hydrogens (tertiary/aromatic N) is 1. The second kappa shape index (κ2) is 9.09. The fourth-order valence-corrected chi connectivity index (χ4v) is 6.64. The summed E-state index contributed by atoms with van der Waals surface area (Å²) in [6.45, 7) is 6.08. The Bertz CT molecular complexity index is 2020. The Morgan fingerprint density at radius 1 is 0.632 bits per heavy atom. The molecule has 0 saturated heterocycles. The highest BCUT2D eigenvalue weighted by Gasteiger charge is 2.12. The van der Waals surface area contributed by atoms with Crippen LogP contribution in [-0.2, 0) is 0 Å². The molecular weight excluding hydrogens is 478 g/mol. The highest BCUT2D eigenvalue weighted by Crippen LogP contribution is 2.38. The van der Waals surface area contributed by atoms with Gasteiger partial charge < -0.3 is 0 Å². The molecule has 0 bridgehead atoms. The molecule has 7 aromatic rings. The molecule has 0 fully saturated rings. The van der Waals surface area contributed by atoms with E-state index in [0.717, 1.165) is 11.3 Å². The van der Waals surface area contributed by atoms with Crippen molar-refractivity contribution >= 4 is 65.9 Å². The van der Waals surface area contributed by atoms with Crippen molar-refractivity contribution in [2.24, 2.45) is 0 Å². The molecule has 180 valence electrons. The van der Waals surface area contributed by atoms with Crippen molar-refractivity contribution < 1.29 is 0 Å². The summed E-state index contributed by atoms with van der Waals surface area (Å²) in [7, 11) is 0. The topological polar surface area (TPSA) is 12.9 Å². The maximum absolute atomic E-state index is 4.95. The first kappa shape index (κ1) is 22.7. The lowest BCUT2D eigenvalue weighted by atomic mass is 9.94. The first-order valence-electron chi connectivity index (χ1n) is 12.9. The predicted octanol–water partition coefficient (Wildman–Crippen LogP) is 10.8. The quantitative estimate of drug-likeness (QED) is 0.218. The van der Waals surface area contributed by atoms with Gasteiger partial charge in [0, 0.05) is 32.1 Å². The summed E-state index contributed by atoms with van der Waals surface area (Å²) < 4.78 is 1.28. The van der Waals surface area contributed by atoms with E-state index < -0.39 is 0 Å². The zero-order valence-corrected chi connectivity index (χ0v) is 21.9. The van der Waals surface area contributed by atoms with Crippen LogP contribution in [0.3, 0.4) is 0 Å². The molecule has 0 N–H and O–H groups in total. The summed E-state index contributed by atoms with van der Waals surface area (Å²) in [5.74, 6) is 0. The van der Waals surface area contributed by atoms with Crippen LogP contribution in [0.25, 0.3) is 76.9 Å². The molecule has 5 aromatic carbocycles. The summed E-state index contributed by atoms with van der Waals surface area (Å²) in [4.78, 5) is 6.17. The molecule has 1 nitrogen and oxygen atoms in total. The van der Waals surface area contributed by atoms with Gasteiger partial charge >= 0.3 is 0 Å². The summed E-state index contributed by atoms with van der Waals surface area (Å²) in [6.07, 6.45) is 8.28. The zero-order chi connectivity index (χ0) is 25.6. The van der Waals surface area contributed by atoms with Crippen molar-refractivity contribution in [2.75, 3.05) is 0 Å². The van der Waals surface area contributed by atoms with Crippen molar-refractivity contribution in [3.8, 4) is 22.4 Å². The molecule has 0 spiro atoms.